The van der Waals surface area contributed by atoms with Gasteiger partial charge in [-0.15, -0.1) is 0 Å². The van der Waals surface area contributed by atoms with Crippen molar-refractivity contribution in [3.05, 3.63) is 54.4 Å². The van der Waals surface area contributed by atoms with E-state index in [0.29, 0.717) is 11.3 Å². The van der Waals surface area contributed by atoms with E-state index in [4.69, 9.17) is 0 Å². The van der Waals surface area contributed by atoms with Crippen molar-refractivity contribution in [3.63, 3.8) is 0 Å². The number of anilines is 2. The Balaban J connectivity index is 1.87. The summed E-state index contributed by atoms with van der Waals surface area (Å²) in [6, 6.07) is 11.6. The Kier molecular flexibility index (Phi) is 4.88. The first-order valence-corrected chi connectivity index (χ1v) is 8.23. The lowest BCUT2D eigenvalue weighted by molar-refractivity contribution is -0.121. The van der Waals surface area contributed by atoms with E-state index < -0.39 is 0 Å². The van der Waals surface area contributed by atoms with Crippen LogP contribution in [-0.4, -0.2) is 42.7 Å². The molecule has 0 aliphatic rings. The fraction of sp³-hybridized carbons (Fsp3) is 0.211. The SMILES string of the molecule is CNC(=O)Cn1cc(NC(=O)c2ccc(N(C)C)c3ccccc23)cn1. The van der Waals surface area contributed by atoms with Gasteiger partial charge in [-0.3, -0.25) is 14.3 Å². The minimum atomic E-state index is -0.217. The second kappa shape index (κ2) is 7.26. The van der Waals surface area contributed by atoms with Crippen LogP contribution >= 0.6 is 0 Å². The first kappa shape index (κ1) is 17.5. The Bertz CT molecular complexity index is 961. The Labute approximate surface area is 151 Å². The maximum absolute atomic E-state index is 12.8. The number of nitrogens with zero attached hydrogens (tertiary/aromatic N) is 3. The van der Waals surface area contributed by atoms with Crippen molar-refractivity contribution in [1.82, 2.24) is 15.1 Å². The molecule has 0 atom stereocenters. The number of hydrogen-bond donors (Lipinski definition) is 2. The second-order valence-electron chi connectivity index (χ2n) is 6.13. The molecule has 3 aromatic rings. The number of rotatable bonds is 5. The van der Waals surface area contributed by atoms with Crippen LogP contribution in [0.1, 0.15) is 10.4 Å². The molecule has 0 radical (unpaired) electrons. The number of amides is 2. The van der Waals surface area contributed by atoms with Crippen LogP contribution in [0.5, 0.6) is 0 Å². The molecule has 0 aliphatic carbocycles. The van der Waals surface area contributed by atoms with Crippen molar-refractivity contribution in [2.45, 2.75) is 6.54 Å². The highest BCUT2D eigenvalue weighted by Gasteiger charge is 2.14. The molecule has 0 saturated heterocycles. The molecular weight excluding hydrogens is 330 g/mol. The van der Waals surface area contributed by atoms with Crippen LogP contribution in [0.3, 0.4) is 0 Å². The zero-order chi connectivity index (χ0) is 18.7. The Morgan fingerprint density at radius 3 is 2.54 bits per heavy atom. The molecular formula is C19H21N5O2. The Hall–Kier alpha value is -3.35. The molecule has 134 valence electrons. The summed E-state index contributed by atoms with van der Waals surface area (Å²) in [4.78, 5) is 26.2. The summed E-state index contributed by atoms with van der Waals surface area (Å²) < 4.78 is 1.47. The van der Waals surface area contributed by atoms with Gasteiger partial charge in [-0.1, -0.05) is 24.3 Å². The normalized spacial score (nSPS) is 10.6. The number of benzene rings is 2. The van der Waals surface area contributed by atoms with E-state index in [-0.39, 0.29) is 18.4 Å². The molecule has 1 aromatic heterocycles. The van der Waals surface area contributed by atoms with Crippen molar-refractivity contribution in [3.8, 4) is 0 Å². The molecule has 2 N–H and O–H groups in total. The van der Waals surface area contributed by atoms with Gasteiger partial charge in [0.05, 0.1) is 11.9 Å². The lowest BCUT2D eigenvalue weighted by Crippen LogP contribution is -2.23. The third-order valence-corrected chi connectivity index (χ3v) is 4.10. The summed E-state index contributed by atoms with van der Waals surface area (Å²) in [5, 5.41) is 11.4. The molecule has 0 unspecified atom stereocenters. The number of fused-ring (bicyclic) bond motifs is 1. The van der Waals surface area contributed by atoms with Crippen molar-refractivity contribution < 1.29 is 9.59 Å². The maximum Gasteiger partial charge on any atom is 0.256 e. The molecule has 7 nitrogen and oxygen atoms in total. The molecule has 2 amide bonds. The second-order valence-corrected chi connectivity index (χ2v) is 6.13. The summed E-state index contributed by atoms with van der Waals surface area (Å²) in [5.41, 5.74) is 2.18. The van der Waals surface area contributed by atoms with Crippen molar-refractivity contribution in [2.75, 3.05) is 31.4 Å². The fourth-order valence-corrected chi connectivity index (χ4v) is 2.81. The number of nitrogens with one attached hydrogen (secondary N) is 2. The van der Waals surface area contributed by atoms with Gasteiger partial charge >= 0.3 is 0 Å². The Morgan fingerprint density at radius 1 is 1.12 bits per heavy atom. The molecule has 0 bridgehead atoms. The topological polar surface area (TPSA) is 79.3 Å². The molecule has 3 rings (SSSR count). The van der Waals surface area contributed by atoms with Gasteiger partial charge in [0.2, 0.25) is 5.91 Å². The van der Waals surface area contributed by atoms with Crippen LogP contribution in [0.2, 0.25) is 0 Å². The monoisotopic (exact) mass is 351 g/mol. The van der Waals surface area contributed by atoms with E-state index in [1.807, 2.05) is 55.4 Å². The molecule has 2 aromatic carbocycles. The summed E-state index contributed by atoms with van der Waals surface area (Å²) in [6.45, 7) is 0.104. The van der Waals surface area contributed by atoms with Gasteiger partial charge in [0.15, 0.2) is 0 Å². The lowest BCUT2D eigenvalue weighted by atomic mass is 10.0. The van der Waals surface area contributed by atoms with E-state index in [2.05, 4.69) is 15.7 Å². The molecule has 7 heteroatoms. The highest BCUT2D eigenvalue weighted by Crippen LogP contribution is 2.28. The summed E-state index contributed by atoms with van der Waals surface area (Å²) in [6.07, 6.45) is 3.15. The first-order chi connectivity index (χ1) is 12.5. The highest BCUT2D eigenvalue weighted by molar-refractivity contribution is 6.15. The minimum absolute atomic E-state index is 0.104. The molecule has 0 spiro atoms. The fourth-order valence-electron chi connectivity index (χ4n) is 2.81. The zero-order valence-corrected chi connectivity index (χ0v) is 15.0. The highest BCUT2D eigenvalue weighted by atomic mass is 16.2. The predicted molar refractivity (Wildman–Crippen MR) is 103 cm³/mol. The average molecular weight is 351 g/mol. The van der Waals surface area contributed by atoms with E-state index in [9.17, 15) is 9.59 Å². The van der Waals surface area contributed by atoms with Gasteiger partial charge < -0.3 is 15.5 Å². The van der Waals surface area contributed by atoms with Gasteiger partial charge in [0.1, 0.15) is 6.54 Å². The number of carbonyl (C=O) groups is 2. The molecule has 0 aliphatic heterocycles. The molecule has 26 heavy (non-hydrogen) atoms. The van der Waals surface area contributed by atoms with Gasteiger partial charge in [-0.2, -0.15) is 5.10 Å². The quantitative estimate of drug-likeness (QED) is 0.738. The van der Waals surface area contributed by atoms with E-state index >= 15 is 0 Å². The third kappa shape index (κ3) is 3.51. The summed E-state index contributed by atoms with van der Waals surface area (Å²) >= 11 is 0. The third-order valence-electron chi connectivity index (χ3n) is 4.10. The van der Waals surface area contributed by atoms with Crippen LogP contribution in [-0.2, 0) is 11.3 Å². The average Bonchev–Trinajstić information content (AvgIpc) is 3.07. The smallest absolute Gasteiger partial charge is 0.256 e. The molecule has 1 heterocycles. The summed E-state index contributed by atoms with van der Waals surface area (Å²) in [5.74, 6) is -0.373. The van der Waals surface area contributed by atoms with Crippen LogP contribution < -0.4 is 15.5 Å². The zero-order valence-electron chi connectivity index (χ0n) is 15.0. The number of likely N-dealkylation sites (N-methyl/N-ethyl adjacent to an activating group) is 1. The van der Waals surface area contributed by atoms with Gasteiger partial charge in [0, 0.05) is 44.0 Å². The summed E-state index contributed by atoms with van der Waals surface area (Å²) in [7, 11) is 5.52. The van der Waals surface area contributed by atoms with Gasteiger partial charge in [0.25, 0.3) is 5.91 Å². The standard InChI is InChI=1S/C19H21N5O2/c1-20-18(25)12-24-11-13(10-21-24)22-19(26)16-8-9-17(23(2)3)15-7-5-4-6-14(15)16/h4-11H,12H2,1-3H3,(H,20,25)(H,22,26). The van der Waals surface area contributed by atoms with E-state index in [1.165, 1.54) is 10.9 Å². The lowest BCUT2D eigenvalue weighted by Gasteiger charge is -2.17. The molecule has 0 fully saturated rings. The largest absolute Gasteiger partial charge is 0.377 e. The van der Waals surface area contributed by atoms with Crippen LogP contribution in [0.4, 0.5) is 11.4 Å². The van der Waals surface area contributed by atoms with E-state index in [0.717, 1.165) is 16.5 Å². The number of hydrogen-bond acceptors (Lipinski definition) is 4. The number of carbonyl (C=O) groups excluding carboxylic acids is 2. The van der Waals surface area contributed by atoms with Crippen molar-refractivity contribution in [1.29, 1.82) is 0 Å². The minimum Gasteiger partial charge on any atom is -0.377 e. The van der Waals surface area contributed by atoms with Crippen LogP contribution in [0.25, 0.3) is 10.8 Å². The predicted octanol–water partition coefficient (Wildman–Crippen LogP) is 2.10. The van der Waals surface area contributed by atoms with Crippen molar-refractivity contribution in [2.24, 2.45) is 0 Å². The first-order valence-electron chi connectivity index (χ1n) is 8.23. The Morgan fingerprint density at radius 2 is 1.85 bits per heavy atom. The van der Waals surface area contributed by atoms with Gasteiger partial charge in [-0.25, -0.2) is 0 Å². The molecule has 0 saturated carbocycles. The van der Waals surface area contributed by atoms with Crippen LogP contribution in [0, 0.1) is 0 Å². The van der Waals surface area contributed by atoms with E-state index in [1.54, 1.807) is 13.2 Å². The number of aromatic nitrogens is 2. The van der Waals surface area contributed by atoms with Crippen LogP contribution in [0.15, 0.2) is 48.8 Å². The van der Waals surface area contributed by atoms with Gasteiger partial charge in [-0.05, 0) is 17.5 Å². The maximum atomic E-state index is 12.8. The van der Waals surface area contributed by atoms with Crippen molar-refractivity contribution >= 4 is 34.0 Å².